The molecule has 0 saturated carbocycles. The van der Waals surface area contributed by atoms with Crippen molar-refractivity contribution >= 4 is 35.2 Å². The van der Waals surface area contributed by atoms with Gasteiger partial charge in [-0.2, -0.15) is 0 Å². The molecule has 35 heavy (non-hydrogen) atoms. The summed E-state index contributed by atoms with van der Waals surface area (Å²) in [5.74, 6) is -0.137. The number of anilines is 1. The lowest BCUT2D eigenvalue weighted by molar-refractivity contribution is -0.113. The first-order valence-corrected chi connectivity index (χ1v) is 12.4. The lowest BCUT2D eigenvalue weighted by Crippen LogP contribution is -2.24. The molecule has 184 valence electrons. The van der Waals surface area contributed by atoms with Gasteiger partial charge in [0, 0.05) is 17.8 Å². The van der Waals surface area contributed by atoms with E-state index in [1.54, 1.807) is 36.4 Å². The Kier molecular flexibility index (Phi) is 9.42. The van der Waals surface area contributed by atoms with Crippen LogP contribution in [0.5, 0.6) is 0 Å². The van der Waals surface area contributed by atoms with Crippen LogP contribution in [-0.4, -0.2) is 44.9 Å². The molecule has 0 fully saturated rings. The van der Waals surface area contributed by atoms with Crippen molar-refractivity contribution in [2.24, 2.45) is 0 Å². The Morgan fingerprint density at radius 2 is 1.80 bits per heavy atom. The topological polar surface area (TPSA) is 115 Å². The van der Waals surface area contributed by atoms with E-state index in [2.05, 4.69) is 20.8 Å². The highest BCUT2D eigenvalue weighted by molar-refractivity contribution is 7.99. The van der Waals surface area contributed by atoms with Gasteiger partial charge in [0.15, 0.2) is 11.0 Å². The number of esters is 1. The Balaban J connectivity index is 1.54. The molecule has 0 aliphatic heterocycles. The maximum Gasteiger partial charge on any atom is 0.338 e. The third-order valence-electron chi connectivity index (χ3n) is 4.98. The maximum absolute atomic E-state index is 12.5. The average molecular weight is 496 g/mol. The van der Waals surface area contributed by atoms with Crippen LogP contribution < -0.4 is 10.6 Å². The molecule has 9 nitrogen and oxygen atoms in total. The molecule has 0 aliphatic rings. The molecule has 10 heteroatoms. The average Bonchev–Trinajstić information content (AvgIpc) is 3.26. The molecule has 0 aliphatic carbocycles. The van der Waals surface area contributed by atoms with E-state index in [0.717, 1.165) is 12.0 Å². The summed E-state index contributed by atoms with van der Waals surface area (Å²) in [6, 6.07) is 14.0. The number of ether oxygens (including phenoxy) is 1. The number of carbonyl (C=O) groups is 3. The van der Waals surface area contributed by atoms with Crippen LogP contribution in [0.2, 0.25) is 0 Å². The highest BCUT2D eigenvalue weighted by Crippen LogP contribution is 2.18. The number of thioether (sulfide) groups is 1. The number of benzene rings is 2. The van der Waals surface area contributed by atoms with Crippen LogP contribution in [-0.2, 0) is 22.6 Å². The van der Waals surface area contributed by atoms with Crippen molar-refractivity contribution in [2.75, 3.05) is 17.7 Å². The fraction of sp³-hybridized carbons (Fsp3) is 0.320. The van der Waals surface area contributed by atoms with E-state index in [0.29, 0.717) is 40.9 Å². The van der Waals surface area contributed by atoms with Gasteiger partial charge in [-0.05, 0) is 50.6 Å². The molecule has 2 aromatic carbocycles. The van der Waals surface area contributed by atoms with Crippen molar-refractivity contribution in [3.8, 4) is 0 Å². The number of nitrogens with one attached hydrogen (secondary N) is 2. The van der Waals surface area contributed by atoms with Gasteiger partial charge in [0.25, 0.3) is 5.91 Å². The minimum atomic E-state index is -0.421. The first kappa shape index (κ1) is 26.0. The number of hydrogen-bond acceptors (Lipinski definition) is 7. The summed E-state index contributed by atoms with van der Waals surface area (Å²) >= 11 is 1.25. The second-order valence-electron chi connectivity index (χ2n) is 7.75. The number of aromatic nitrogens is 3. The molecule has 0 radical (unpaired) electrons. The van der Waals surface area contributed by atoms with Crippen molar-refractivity contribution in [1.82, 2.24) is 20.1 Å². The summed E-state index contributed by atoms with van der Waals surface area (Å²) in [7, 11) is 0. The van der Waals surface area contributed by atoms with E-state index in [1.165, 1.54) is 11.8 Å². The van der Waals surface area contributed by atoms with E-state index < -0.39 is 5.97 Å². The fourth-order valence-corrected chi connectivity index (χ4v) is 3.99. The van der Waals surface area contributed by atoms with Gasteiger partial charge in [0.2, 0.25) is 5.91 Å². The maximum atomic E-state index is 12.5. The van der Waals surface area contributed by atoms with E-state index in [9.17, 15) is 14.4 Å². The third-order valence-corrected chi connectivity index (χ3v) is 5.95. The Morgan fingerprint density at radius 1 is 1.03 bits per heavy atom. The number of aryl methyl sites for hydroxylation is 1. The number of rotatable bonds is 11. The van der Waals surface area contributed by atoms with Gasteiger partial charge in [-0.3, -0.25) is 9.59 Å². The highest BCUT2D eigenvalue weighted by atomic mass is 32.2. The Hall–Kier alpha value is -3.66. The summed E-state index contributed by atoms with van der Waals surface area (Å²) in [6.07, 6.45) is 0.739. The second-order valence-corrected chi connectivity index (χ2v) is 8.69. The minimum Gasteiger partial charge on any atom is -0.462 e. The van der Waals surface area contributed by atoms with Crippen molar-refractivity contribution in [2.45, 2.75) is 45.4 Å². The molecule has 2 amide bonds. The molecule has 3 rings (SSSR count). The summed E-state index contributed by atoms with van der Waals surface area (Å²) in [6.45, 7) is 7.00. The van der Waals surface area contributed by atoms with Crippen molar-refractivity contribution in [3.63, 3.8) is 0 Å². The van der Waals surface area contributed by atoms with Crippen LogP contribution in [0.25, 0.3) is 0 Å². The van der Waals surface area contributed by atoms with Crippen LogP contribution in [0.3, 0.4) is 0 Å². The zero-order valence-corrected chi connectivity index (χ0v) is 20.9. The molecule has 0 spiro atoms. The Labute approximate surface area is 208 Å². The van der Waals surface area contributed by atoms with Crippen LogP contribution in [0.15, 0.2) is 53.7 Å². The first-order chi connectivity index (χ1) is 16.9. The predicted octanol–water partition coefficient (Wildman–Crippen LogP) is 3.83. The molecule has 0 atom stereocenters. The summed E-state index contributed by atoms with van der Waals surface area (Å²) < 4.78 is 6.99. The summed E-state index contributed by atoms with van der Waals surface area (Å²) in [4.78, 5) is 36.9. The van der Waals surface area contributed by atoms with Crippen LogP contribution >= 0.6 is 11.8 Å². The lowest BCUT2D eigenvalue weighted by Gasteiger charge is -2.09. The van der Waals surface area contributed by atoms with Crippen molar-refractivity contribution < 1.29 is 19.1 Å². The summed E-state index contributed by atoms with van der Waals surface area (Å²) in [5.41, 5.74) is 2.55. The molecule has 0 bridgehead atoms. The smallest absolute Gasteiger partial charge is 0.338 e. The molecular weight excluding hydrogens is 466 g/mol. The molecule has 3 aromatic rings. The first-order valence-electron chi connectivity index (χ1n) is 11.4. The molecular formula is C25H29N5O4S. The SMILES string of the molecule is CCCOC(=O)c1cccc(NC(=O)CSc2nnc(CNC(=O)c3ccc(C)cc3)n2CC)c1. The lowest BCUT2D eigenvalue weighted by atomic mass is 10.1. The van der Waals surface area contributed by atoms with E-state index in [-0.39, 0.29) is 24.1 Å². The van der Waals surface area contributed by atoms with Gasteiger partial charge in [-0.15, -0.1) is 10.2 Å². The third kappa shape index (κ3) is 7.41. The van der Waals surface area contributed by atoms with Crippen molar-refractivity contribution in [1.29, 1.82) is 0 Å². The number of hydrogen-bond donors (Lipinski definition) is 2. The highest BCUT2D eigenvalue weighted by Gasteiger charge is 2.15. The monoisotopic (exact) mass is 495 g/mol. The molecule has 1 heterocycles. The van der Waals surface area contributed by atoms with Gasteiger partial charge in [0.05, 0.1) is 24.5 Å². The van der Waals surface area contributed by atoms with Crippen molar-refractivity contribution in [3.05, 3.63) is 71.0 Å². The van der Waals surface area contributed by atoms with Gasteiger partial charge < -0.3 is 19.9 Å². The largest absolute Gasteiger partial charge is 0.462 e. The van der Waals surface area contributed by atoms with E-state index in [4.69, 9.17) is 4.74 Å². The van der Waals surface area contributed by atoms with Gasteiger partial charge >= 0.3 is 5.97 Å². The summed E-state index contributed by atoms with van der Waals surface area (Å²) in [5, 5.41) is 14.6. The van der Waals surface area contributed by atoms with Gasteiger partial charge in [0.1, 0.15) is 0 Å². The second kappa shape index (κ2) is 12.7. The molecule has 2 N–H and O–H groups in total. The van der Waals surface area contributed by atoms with Crippen LogP contribution in [0.4, 0.5) is 5.69 Å². The predicted molar refractivity (Wildman–Crippen MR) is 134 cm³/mol. The van der Waals surface area contributed by atoms with Gasteiger partial charge in [-0.1, -0.05) is 42.4 Å². The van der Waals surface area contributed by atoms with Crippen LogP contribution in [0, 0.1) is 6.92 Å². The fourth-order valence-electron chi connectivity index (χ4n) is 3.17. The molecule has 1 aromatic heterocycles. The molecule has 0 saturated heterocycles. The minimum absolute atomic E-state index is 0.109. The quantitative estimate of drug-likeness (QED) is 0.307. The van der Waals surface area contributed by atoms with Crippen LogP contribution in [0.1, 0.15) is 52.4 Å². The zero-order valence-electron chi connectivity index (χ0n) is 20.0. The molecule has 0 unspecified atom stereocenters. The van der Waals surface area contributed by atoms with E-state index in [1.807, 2.05) is 37.5 Å². The Bertz CT molecular complexity index is 1180. The number of carbonyl (C=O) groups excluding carboxylic acids is 3. The number of amides is 2. The standard InChI is InChI=1S/C25H29N5O4S/c1-4-13-34-24(33)19-7-6-8-20(14-19)27-22(31)16-35-25-29-28-21(30(25)5-2)15-26-23(32)18-11-9-17(3)10-12-18/h6-12,14H,4-5,13,15-16H2,1-3H3,(H,26,32)(H,27,31). The van der Waals surface area contributed by atoms with E-state index >= 15 is 0 Å². The number of nitrogens with zero attached hydrogens (tertiary/aromatic N) is 3. The Morgan fingerprint density at radius 3 is 2.51 bits per heavy atom. The zero-order chi connectivity index (χ0) is 25.2. The van der Waals surface area contributed by atoms with Gasteiger partial charge in [-0.25, -0.2) is 4.79 Å². The normalized spacial score (nSPS) is 10.6.